The number of amides is 3. The Morgan fingerprint density at radius 3 is 2.54 bits per heavy atom. The van der Waals surface area contributed by atoms with Crippen molar-refractivity contribution in [3.05, 3.63) is 36.4 Å². The maximum atomic E-state index is 13.7. The number of ether oxygens (including phenoxy) is 2. The first kappa shape index (κ1) is 23.9. The van der Waals surface area contributed by atoms with Crippen LogP contribution in [-0.4, -0.2) is 59.6 Å². The number of hydrogen-bond acceptors (Lipinski definition) is 5. The van der Waals surface area contributed by atoms with Crippen LogP contribution in [0.4, 0.5) is 5.69 Å². The number of nitrogens with zero attached hydrogens (tertiary/aromatic N) is 1. The van der Waals surface area contributed by atoms with E-state index in [0.717, 1.165) is 37.9 Å². The molecule has 1 aromatic rings. The van der Waals surface area contributed by atoms with Crippen LogP contribution < -0.4 is 15.4 Å². The number of likely N-dealkylation sites (tertiary alicyclic amines) is 1. The molecule has 3 fully saturated rings. The Bertz CT molecular complexity index is 1000. The van der Waals surface area contributed by atoms with E-state index in [4.69, 9.17) is 9.47 Å². The third-order valence-electron chi connectivity index (χ3n) is 7.77. The van der Waals surface area contributed by atoms with Crippen LogP contribution in [-0.2, 0) is 19.1 Å². The predicted molar refractivity (Wildman–Crippen MR) is 131 cm³/mol. The molecule has 1 saturated carbocycles. The van der Waals surface area contributed by atoms with Gasteiger partial charge in [0.1, 0.15) is 17.4 Å². The Kier molecular flexibility index (Phi) is 6.57. The highest BCUT2D eigenvalue weighted by atomic mass is 16.5. The maximum Gasteiger partial charge on any atom is 0.246 e. The zero-order valence-electron chi connectivity index (χ0n) is 20.5. The molecule has 3 heterocycles. The molecule has 0 radical (unpaired) electrons. The van der Waals surface area contributed by atoms with E-state index in [1.165, 1.54) is 6.42 Å². The molecule has 3 amide bonds. The molecule has 0 aromatic heterocycles. The van der Waals surface area contributed by atoms with Gasteiger partial charge in [-0.15, -0.1) is 0 Å². The molecule has 3 aliphatic heterocycles. The van der Waals surface area contributed by atoms with Crippen LogP contribution in [0.25, 0.3) is 0 Å². The molecule has 8 nitrogen and oxygen atoms in total. The smallest absolute Gasteiger partial charge is 0.246 e. The van der Waals surface area contributed by atoms with Gasteiger partial charge in [0.05, 0.1) is 24.5 Å². The SMILES string of the molecule is CCCN1C(=O)[C@@H]2[C@H](C(=O)Nc3ccc(OCC)cc3)[C@@H]3C=C[C@@]2(O3)[C@@H]1C(=O)NC1CCCCC1. The van der Waals surface area contributed by atoms with Gasteiger partial charge in [0, 0.05) is 18.3 Å². The Morgan fingerprint density at radius 2 is 1.86 bits per heavy atom. The van der Waals surface area contributed by atoms with E-state index in [-0.39, 0.29) is 23.8 Å². The molecule has 2 N–H and O–H groups in total. The summed E-state index contributed by atoms with van der Waals surface area (Å²) in [7, 11) is 0. The Labute approximate surface area is 206 Å². The normalized spacial score (nSPS) is 31.5. The second-order valence-electron chi connectivity index (χ2n) is 10.0. The lowest BCUT2D eigenvalue weighted by molar-refractivity contribution is -0.141. The quantitative estimate of drug-likeness (QED) is 0.557. The number of anilines is 1. The molecule has 5 atom stereocenters. The van der Waals surface area contributed by atoms with Crippen molar-refractivity contribution in [1.29, 1.82) is 0 Å². The van der Waals surface area contributed by atoms with Crippen LogP contribution in [0.15, 0.2) is 36.4 Å². The molecule has 2 saturated heterocycles. The van der Waals surface area contributed by atoms with Gasteiger partial charge >= 0.3 is 0 Å². The summed E-state index contributed by atoms with van der Waals surface area (Å²) in [5, 5.41) is 6.15. The van der Waals surface area contributed by atoms with E-state index < -0.39 is 29.6 Å². The molecule has 0 unspecified atom stereocenters. The van der Waals surface area contributed by atoms with E-state index in [0.29, 0.717) is 18.8 Å². The zero-order chi connectivity index (χ0) is 24.6. The van der Waals surface area contributed by atoms with Crippen LogP contribution in [0.5, 0.6) is 5.75 Å². The van der Waals surface area contributed by atoms with Crippen LogP contribution in [0, 0.1) is 11.8 Å². The van der Waals surface area contributed by atoms with Gasteiger partial charge in [-0.25, -0.2) is 0 Å². The van der Waals surface area contributed by atoms with Crippen molar-refractivity contribution >= 4 is 23.4 Å². The van der Waals surface area contributed by atoms with Gasteiger partial charge in [0.15, 0.2) is 0 Å². The van der Waals surface area contributed by atoms with Crippen molar-refractivity contribution in [2.75, 3.05) is 18.5 Å². The molecule has 35 heavy (non-hydrogen) atoms. The number of carbonyl (C=O) groups is 3. The van der Waals surface area contributed by atoms with E-state index >= 15 is 0 Å². The van der Waals surface area contributed by atoms with Gasteiger partial charge in [-0.2, -0.15) is 0 Å². The van der Waals surface area contributed by atoms with E-state index in [1.54, 1.807) is 29.2 Å². The topological polar surface area (TPSA) is 97.0 Å². The lowest BCUT2D eigenvalue weighted by atomic mass is 9.74. The van der Waals surface area contributed by atoms with Crippen molar-refractivity contribution in [2.45, 2.75) is 76.2 Å². The lowest BCUT2D eigenvalue weighted by Gasteiger charge is -2.34. The molecule has 8 heteroatoms. The number of benzene rings is 1. The third kappa shape index (κ3) is 4.11. The first-order valence-corrected chi connectivity index (χ1v) is 13.0. The summed E-state index contributed by atoms with van der Waals surface area (Å²) in [5.74, 6) is -1.29. The van der Waals surface area contributed by atoms with E-state index in [9.17, 15) is 14.4 Å². The minimum atomic E-state index is -1.10. The van der Waals surface area contributed by atoms with E-state index in [2.05, 4.69) is 10.6 Å². The molecule has 2 bridgehead atoms. The zero-order valence-corrected chi connectivity index (χ0v) is 20.5. The van der Waals surface area contributed by atoms with Crippen molar-refractivity contribution in [3.63, 3.8) is 0 Å². The number of rotatable bonds is 8. The summed E-state index contributed by atoms with van der Waals surface area (Å²) in [6.07, 6.45) is 9.23. The second kappa shape index (κ2) is 9.64. The van der Waals surface area contributed by atoms with Crippen LogP contribution in [0.1, 0.15) is 52.4 Å². The first-order chi connectivity index (χ1) is 17.0. The number of fused-ring (bicyclic) bond motifs is 1. The average Bonchev–Trinajstić information content (AvgIpc) is 3.49. The summed E-state index contributed by atoms with van der Waals surface area (Å²) >= 11 is 0. The predicted octanol–water partition coefficient (Wildman–Crippen LogP) is 3.03. The number of nitrogens with one attached hydrogen (secondary N) is 2. The Morgan fingerprint density at radius 1 is 1.11 bits per heavy atom. The molecule has 1 spiro atoms. The largest absolute Gasteiger partial charge is 0.494 e. The Balaban J connectivity index is 1.38. The number of hydrogen-bond donors (Lipinski definition) is 2. The van der Waals surface area contributed by atoms with Gasteiger partial charge < -0.3 is 25.0 Å². The van der Waals surface area contributed by atoms with E-state index in [1.807, 2.05) is 26.0 Å². The fourth-order valence-corrected chi connectivity index (χ4v) is 6.30. The number of carbonyl (C=O) groups excluding carboxylic acids is 3. The van der Waals surface area contributed by atoms with Crippen LogP contribution >= 0.6 is 0 Å². The van der Waals surface area contributed by atoms with Gasteiger partial charge in [-0.1, -0.05) is 38.3 Å². The first-order valence-electron chi connectivity index (χ1n) is 13.0. The average molecular weight is 482 g/mol. The summed E-state index contributed by atoms with van der Waals surface area (Å²) in [5.41, 5.74) is -0.474. The molecule has 188 valence electrons. The third-order valence-corrected chi connectivity index (χ3v) is 7.77. The highest BCUT2D eigenvalue weighted by Gasteiger charge is 2.72. The minimum Gasteiger partial charge on any atom is -0.494 e. The van der Waals surface area contributed by atoms with Gasteiger partial charge in [-0.3, -0.25) is 14.4 Å². The van der Waals surface area contributed by atoms with Crippen molar-refractivity contribution < 1.29 is 23.9 Å². The Hall–Kier alpha value is -2.87. The molecule has 5 rings (SSSR count). The fourth-order valence-electron chi connectivity index (χ4n) is 6.30. The van der Waals surface area contributed by atoms with Crippen molar-refractivity contribution in [1.82, 2.24) is 10.2 Å². The summed E-state index contributed by atoms with van der Waals surface area (Å²) in [6, 6.07) is 6.53. The standard InChI is InChI=1S/C27H35N3O5/c1-3-16-30-23(25(32)29-17-8-6-5-7-9-17)27-15-14-20(35-27)21(22(27)26(30)33)24(31)28-18-10-12-19(13-11-18)34-4-2/h10-15,17,20-23H,3-9,16H2,1-2H3,(H,28,31)(H,29,32)/t20-,21+,22-,23-,27-/m0/s1. The molecular weight excluding hydrogens is 446 g/mol. The van der Waals surface area contributed by atoms with Crippen LogP contribution in [0.2, 0.25) is 0 Å². The monoisotopic (exact) mass is 481 g/mol. The highest BCUT2D eigenvalue weighted by molar-refractivity contribution is 6.02. The van der Waals surface area contributed by atoms with Gasteiger partial charge in [-0.05, 0) is 50.5 Å². The molecule has 1 aromatic carbocycles. The fraction of sp³-hybridized carbons (Fsp3) is 0.593. The second-order valence-corrected chi connectivity index (χ2v) is 10.0. The molecule has 1 aliphatic carbocycles. The summed E-state index contributed by atoms with van der Waals surface area (Å²) in [4.78, 5) is 42.4. The molecular formula is C27H35N3O5. The summed E-state index contributed by atoms with van der Waals surface area (Å²) in [6.45, 7) is 4.92. The minimum absolute atomic E-state index is 0.131. The highest BCUT2D eigenvalue weighted by Crippen LogP contribution is 2.55. The van der Waals surface area contributed by atoms with Gasteiger partial charge in [0.2, 0.25) is 17.7 Å². The summed E-state index contributed by atoms with van der Waals surface area (Å²) < 4.78 is 11.8. The van der Waals surface area contributed by atoms with Gasteiger partial charge in [0.25, 0.3) is 0 Å². The lowest BCUT2D eigenvalue weighted by Crippen LogP contribution is -2.56. The van der Waals surface area contributed by atoms with Crippen molar-refractivity contribution in [3.8, 4) is 5.75 Å². The van der Waals surface area contributed by atoms with Crippen molar-refractivity contribution in [2.24, 2.45) is 11.8 Å². The maximum absolute atomic E-state index is 13.7. The molecule has 4 aliphatic rings. The van der Waals surface area contributed by atoms with Crippen LogP contribution in [0.3, 0.4) is 0 Å².